The van der Waals surface area contributed by atoms with E-state index in [1.54, 1.807) is 10.8 Å². The maximum absolute atomic E-state index is 11.9. The van der Waals surface area contributed by atoms with E-state index in [4.69, 9.17) is 4.55 Å². The maximum atomic E-state index is 11.9. The van der Waals surface area contributed by atoms with Crippen LogP contribution < -0.4 is 4.72 Å². The van der Waals surface area contributed by atoms with Crippen molar-refractivity contribution < 1.29 is 22.9 Å². The van der Waals surface area contributed by atoms with E-state index in [1.165, 1.54) is 31.2 Å². The summed E-state index contributed by atoms with van der Waals surface area (Å²) in [5.41, 5.74) is 3.06. The molecule has 0 radical (unpaired) electrons. The van der Waals surface area contributed by atoms with Crippen LogP contribution in [0, 0.1) is 17.3 Å². The Morgan fingerprint density at radius 2 is 2.03 bits per heavy atom. The summed E-state index contributed by atoms with van der Waals surface area (Å²) >= 11 is 0. The van der Waals surface area contributed by atoms with Crippen LogP contribution in [0.1, 0.15) is 68.6 Å². The van der Waals surface area contributed by atoms with Crippen molar-refractivity contribution in [2.45, 2.75) is 70.1 Å². The van der Waals surface area contributed by atoms with Crippen LogP contribution >= 0.6 is 0 Å². The summed E-state index contributed by atoms with van der Waals surface area (Å²) in [4.78, 5) is 11.9. The predicted molar refractivity (Wildman–Crippen MR) is 114 cm³/mol. The number of hydrogen-bond acceptors (Lipinski definition) is 4. The molecule has 7 heteroatoms. The summed E-state index contributed by atoms with van der Waals surface area (Å²) in [5.74, 6) is 0.392. The lowest BCUT2D eigenvalue weighted by Gasteiger charge is -2.56. The highest BCUT2D eigenvalue weighted by molar-refractivity contribution is 7.84. The lowest BCUT2D eigenvalue weighted by Crippen LogP contribution is -2.50. The Bertz CT molecular complexity index is 988. The monoisotopic (exact) mass is 433 g/mol. The number of carbonyl (C=O) groups excluding carboxylic acids is 1. The Balaban J connectivity index is 1.71. The van der Waals surface area contributed by atoms with E-state index in [1.807, 2.05) is 12.1 Å². The molecular weight excluding hydrogens is 402 g/mol. The predicted octanol–water partition coefficient (Wildman–Crippen LogP) is 3.83. The van der Waals surface area contributed by atoms with Crippen molar-refractivity contribution in [3.63, 3.8) is 0 Å². The molecule has 164 valence electrons. The number of rotatable bonds is 5. The fraction of sp³-hybridized carbons (Fsp3) is 0.609. The van der Waals surface area contributed by atoms with Crippen LogP contribution in [0.3, 0.4) is 0 Å². The van der Waals surface area contributed by atoms with Crippen LogP contribution in [0.2, 0.25) is 0 Å². The van der Waals surface area contributed by atoms with Gasteiger partial charge in [-0.2, -0.15) is 8.42 Å². The number of nitrogens with one attached hydrogen (secondary N) is 1. The number of fused-ring (bicyclic) bond motifs is 5. The van der Waals surface area contributed by atoms with E-state index in [-0.39, 0.29) is 17.6 Å². The van der Waals surface area contributed by atoms with Gasteiger partial charge < -0.3 is 5.11 Å². The van der Waals surface area contributed by atoms with Gasteiger partial charge in [0.15, 0.2) is 0 Å². The summed E-state index contributed by atoms with van der Waals surface area (Å²) in [6, 6.07) is 3.65. The van der Waals surface area contributed by atoms with Gasteiger partial charge in [0, 0.05) is 11.0 Å². The van der Waals surface area contributed by atoms with Gasteiger partial charge in [0.2, 0.25) is 5.91 Å². The third-order valence-corrected chi connectivity index (χ3v) is 8.65. The molecule has 30 heavy (non-hydrogen) atoms. The van der Waals surface area contributed by atoms with Gasteiger partial charge in [0.25, 0.3) is 0 Å². The molecule has 0 bridgehead atoms. The third kappa shape index (κ3) is 3.56. The Morgan fingerprint density at radius 1 is 1.27 bits per heavy atom. The lowest BCUT2D eigenvalue weighted by atomic mass is 9.48. The average molecular weight is 434 g/mol. The van der Waals surface area contributed by atoms with Gasteiger partial charge in [0.05, 0.1) is 6.42 Å². The summed E-state index contributed by atoms with van der Waals surface area (Å²) in [5, 5.41) is 10.7. The second-order valence-electron chi connectivity index (χ2n) is 9.76. The van der Waals surface area contributed by atoms with E-state index in [0.717, 1.165) is 31.2 Å². The van der Waals surface area contributed by atoms with Crippen molar-refractivity contribution in [3.8, 4) is 5.75 Å². The normalized spacial score (nSPS) is 32.6. The Labute approximate surface area is 178 Å². The number of amides is 1. The van der Waals surface area contributed by atoms with Gasteiger partial charge in [-0.15, -0.1) is 6.58 Å². The molecule has 4 atom stereocenters. The van der Waals surface area contributed by atoms with Crippen LogP contribution in [-0.4, -0.2) is 24.0 Å². The molecule has 3 N–H and O–H groups in total. The minimum absolute atomic E-state index is 0.00285. The van der Waals surface area contributed by atoms with Gasteiger partial charge >= 0.3 is 10.3 Å². The summed E-state index contributed by atoms with van der Waals surface area (Å²) in [6.45, 7) is 6.48. The minimum Gasteiger partial charge on any atom is -0.508 e. The molecular formula is C23H31NO5S. The topological polar surface area (TPSA) is 104 Å². The first-order valence-corrected chi connectivity index (χ1v) is 12.3. The van der Waals surface area contributed by atoms with Gasteiger partial charge in [0.1, 0.15) is 5.75 Å². The van der Waals surface area contributed by atoms with Crippen LogP contribution in [0.5, 0.6) is 5.75 Å². The van der Waals surface area contributed by atoms with Crippen LogP contribution in [0.4, 0.5) is 0 Å². The SMILES string of the molecule is C=CC[C@]12CC[C@]3(C)CCCC3C1CCc1cc(CC(=O)NS(=O)(=O)O)c(O)cc12. The highest BCUT2D eigenvalue weighted by Crippen LogP contribution is 2.64. The maximum Gasteiger partial charge on any atom is 0.359 e. The van der Waals surface area contributed by atoms with Gasteiger partial charge in [-0.3, -0.25) is 9.35 Å². The van der Waals surface area contributed by atoms with Crippen LogP contribution in [0.25, 0.3) is 0 Å². The molecule has 0 aliphatic heterocycles. The lowest BCUT2D eigenvalue weighted by molar-refractivity contribution is -0.118. The first kappa shape index (κ1) is 21.4. The second-order valence-corrected chi connectivity index (χ2v) is 10.9. The van der Waals surface area contributed by atoms with Crippen molar-refractivity contribution >= 4 is 16.2 Å². The molecule has 0 spiro atoms. The molecule has 0 heterocycles. The van der Waals surface area contributed by atoms with Crippen molar-refractivity contribution in [2.24, 2.45) is 17.3 Å². The number of allylic oxidation sites excluding steroid dienone is 1. The standard InChI is InChI=1S/C23H31NO5S/c1-3-8-23-11-10-22(2)9-4-5-17(22)18(23)7-6-15-12-16(20(25)14-19(15)23)13-21(26)24-30(27,28)29/h3,12,14,17-18,25H,1,4-11,13H2,2H3,(H,24,26)(H,27,28,29)/t17?,18?,22-,23-/m0/s1. The molecule has 1 aromatic carbocycles. The van der Waals surface area contributed by atoms with Crippen molar-refractivity contribution in [1.29, 1.82) is 0 Å². The first-order valence-electron chi connectivity index (χ1n) is 10.8. The van der Waals surface area contributed by atoms with Crippen LogP contribution in [-0.2, 0) is 33.4 Å². The molecule has 2 saturated carbocycles. The highest BCUT2D eigenvalue weighted by Gasteiger charge is 2.56. The van der Waals surface area contributed by atoms with E-state index in [9.17, 15) is 18.3 Å². The zero-order valence-electron chi connectivity index (χ0n) is 17.5. The molecule has 3 aliphatic rings. The molecule has 2 unspecified atom stereocenters. The Kier molecular flexibility index (Phi) is 5.26. The first-order chi connectivity index (χ1) is 14.1. The fourth-order valence-electron chi connectivity index (χ4n) is 6.93. The van der Waals surface area contributed by atoms with E-state index in [2.05, 4.69) is 13.5 Å². The molecule has 4 rings (SSSR count). The molecule has 0 saturated heterocycles. The highest BCUT2D eigenvalue weighted by atomic mass is 32.2. The Hall–Kier alpha value is -1.86. The fourth-order valence-corrected chi connectivity index (χ4v) is 7.29. The summed E-state index contributed by atoms with van der Waals surface area (Å²) in [6.07, 6.45) is 10.7. The number of benzene rings is 1. The van der Waals surface area contributed by atoms with Gasteiger partial charge in [-0.1, -0.05) is 25.5 Å². The van der Waals surface area contributed by atoms with E-state index >= 15 is 0 Å². The Morgan fingerprint density at radius 3 is 2.73 bits per heavy atom. The zero-order chi connectivity index (χ0) is 21.7. The molecule has 1 aromatic rings. The number of carbonyl (C=O) groups is 1. The number of phenols is 1. The van der Waals surface area contributed by atoms with Gasteiger partial charge in [-0.05, 0) is 79.4 Å². The average Bonchev–Trinajstić information content (AvgIpc) is 3.03. The molecule has 2 fully saturated rings. The number of aryl methyl sites for hydroxylation is 1. The number of phenolic OH excluding ortho intramolecular Hbond substituents is 1. The number of hydrogen-bond donors (Lipinski definition) is 3. The molecule has 3 aliphatic carbocycles. The second kappa shape index (κ2) is 7.38. The third-order valence-electron chi connectivity index (χ3n) is 8.16. The summed E-state index contributed by atoms with van der Waals surface area (Å²) in [7, 11) is -4.61. The summed E-state index contributed by atoms with van der Waals surface area (Å²) < 4.78 is 32.1. The van der Waals surface area contributed by atoms with E-state index in [0.29, 0.717) is 22.8 Å². The smallest absolute Gasteiger partial charge is 0.359 e. The number of aromatic hydroxyl groups is 1. The zero-order valence-corrected chi connectivity index (χ0v) is 18.3. The van der Waals surface area contributed by atoms with Crippen molar-refractivity contribution in [3.05, 3.63) is 41.5 Å². The van der Waals surface area contributed by atoms with Gasteiger partial charge in [-0.25, -0.2) is 4.72 Å². The molecule has 1 amide bonds. The largest absolute Gasteiger partial charge is 0.508 e. The minimum atomic E-state index is -4.61. The molecule has 6 nitrogen and oxygen atoms in total. The quantitative estimate of drug-likeness (QED) is 0.484. The molecule has 0 aromatic heterocycles. The van der Waals surface area contributed by atoms with E-state index < -0.39 is 16.2 Å². The van der Waals surface area contributed by atoms with Crippen molar-refractivity contribution in [1.82, 2.24) is 4.72 Å². The van der Waals surface area contributed by atoms with Crippen molar-refractivity contribution in [2.75, 3.05) is 0 Å². The van der Waals surface area contributed by atoms with Crippen LogP contribution in [0.15, 0.2) is 24.8 Å².